The number of carbonyl (C=O) groups excluding carboxylic acids is 1. The van der Waals surface area contributed by atoms with Crippen molar-refractivity contribution in [1.82, 2.24) is 10.1 Å². The van der Waals surface area contributed by atoms with Crippen LogP contribution < -0.4 is 9.64 Å². The molecule has 2 saturated heterocycles. The highest BCUT2D eigenvalue weighted by Gasteiger charge is 2.42. The minimum absolute atomic E-state index is 0.0236. The summed E-state index contributed by atoms with van der Waals surface area (Å²) in [5, 5.41) is 4.17. The quantitative estimate of drug-likeness (QED) is 0.319. The molecule has 1 saturated carbocycles. The van der Waals surface area contributed by atoms with Gasteiger partial charge < -0.3 is 23.6 Å². The van der Waals surface area contributed by atoms with Gasteiger partial charge in [-0.2, -0.15) is 0 Å². The number of anilines is 1. The average molecular weight is 544 g/mol. The highest BCUT2D eigenvalue weighted by molar-refractivity contribution is 5.89. The molecule has 1 aromatic carbocycles. The summed E-state index contributed by atoms with van der Waals surface area (Å²) in [6.07, 6.45) is 2.21. The maximum absolute atomic E-state index is 13.1. The molecule has 39 heavy (non-hydrogen) atoms. The average Bonchev–Trinajstić information content (AvgIpc) is 3.62. The van der Waals surface area contributed by atoms with Gasteiger partial charge in [-0.3, -0.25) is 0 Å². The lowest BCUT2D eigenvalue weighted by Crippen LogP contribution is -2.46. The van der Waals surface area contributed by atoms with E-state index in [0.717, 1.165) is 44.3 Å². The number of methoxy groups -OCH3 is 1. The van der Waals surface area contributed by atoms with Crippen LogP contribution in [-0.4, -0.2) is 47.8 Å². The molecule has 11 heteroatoms. The Kier molecular flexibility index (Phi) is 6.70. The maximum Gasteiger partial charge on any atom is 0.573 e. The zero-order valence-corrected chi connectivity index (χ0v) is 21.3. The molecule has 206 valence electrons. The van der Waals surface area contributed by atoms with Crippen LogP contribution in [0.4, 0.5) is 19.0 Å². The van der Waals surface area contributed by atoms with Crippen LogP contribution in [-0.2, 0) is 16.1 Å². The fourth-order valence-corrected chi connectivity index (χ4v) is 5.83. The Labute approximate surface area is 223 Å². The molecule has 2 aromatic heterocycles. The van der Waals surface area contributed by atoms with Crippen molar-refractivity contribution in [3.8, 4) is 17.0 Å². The summed E-state index contributed by atoms with van der Waals surface area (Å²) in [6, 6.07) is 10.0. The van der Waals surface area contributed by atoms with Gasteiger partial charge in [0.1, 0.15) is 23.0 Å². The highest BCUT2D eigenvalue weighted by Crippen LogP contribution is 2.46. The van der Waals surface area contributed by atoms with E-state index in [4.69, 9.17) is 14.0 Å². The Hall–Kier alpha value is -3.60. The van der Waals surface area contributed by atoms with Gasteiger partial charge in [-0.1, -0.05) is 17.3 Å². The molecule has 0 amide bonds. The van der Waals surface area contributed by atoms with Crippen molar-refractivity contribution < 1.29 is 36.7 Å². The molecule has 0 spiro atoms. The SMILES string of the molecule is COC(=O)c1ccc(N2[C@@H]3CC[C@H]2CC(OCc2c(-c4ccccc4OC(F)(F)F)noc2C2CC2)C3)nc1. The molecule has 1 aliphatic carbocycles. The van der Waals surface area contributed by atoms with Gasteiger partial charge >= 0.3 is 12.3 Å². The smallest absolute Gasteiger partial charge is 0.465 e. The highest BCUT2D eigenvalue weighted by atomic mass is 19.4. The second-order valence-corrected chi connectivity index (χ2v) is 10.3. The number of ether oxygens (including phenoxy) is 3. The van der Waals surface area contributed by atoms with Gasteiger partial charge in [0.15, 0.2) is 0 Å². The lowest BCUT2D eigenvalue weighted by molar-refractivity contribution is -0.274. The summed E-state index contributed by atoms with van der Waals surface area (Å²) < 4.78 is 60.3. The van der Waals surface area contributed by atoms with Crippen LogP contribution in [0, 0.1) is 0 Å². The van der Waals surface area contributed by atoms with Crippen molar-refractivity contribution in [2.75, 3.05) is 12.0 Å². The topological polar surface area (TPSA) is 86.9 Å². The lowest BCUT2D eigenvalue weighted by Gasteiger charge is -2.39. The minimum atomic E-state index is -4.82. The summed E-state index contributed by atoms with van der Waals surface area (Å²) >= 11 is 0. The van der Waals surface area contributed by atoms with E-state index in [9.17, 15) is 18.0 Å². The number of aromatic nitrogens is 2. The van der Waals surface area contributed by atoms with Crippen LogP contribution in [0.2, 0.25) is 0 Å². The molecule has 1 unspecified atom stereocenters. The van der Waals surface area contributed by atoms with Crippen LogP contribution in [0.5, 0.6) is 5.75 Å². The number of benzene rings is 1. The number of nitrogens with zero attached hydrogens (tertiary/aromatic N) is 3. The fraction of sp³-hybridized carbons (Fsp3) is 0.464. The van der Waals surface area contributed by atoms with Crippen LogP contribution in [0.15, 0.2) is 47.1 Å². The molecule has 3 aromatic rings. The molecule has 2 bridgehead atoms. The standard InChI is InChI=1S/C28H28F3N3O5/c1-36-27(35)17-8-11-24(32-14-17)34-18-9-10-19(34)13-20(12-18)37-15-22-25(33-39-26(22)16-6-7-16)21-4-2-3-5-23(21)38-28(29,30)31/h2-5,8,11,14,16,18-20H,6-7,9-10,12-13,15H2,1H3/t18-,19+,20?. The number of esters is 1. The number of piperidine rings is 1. The van der Waals surface area contributed by atoms with Crippen LogP contribution in [0.1, 0.15) is 66.1 Å². The molecule has 3 fully saturated rings. The number of carbonyl (C=O) groups is 1. The predicted octanol–water partition coefficient (Wildman–Crippen LogP) is 6.02. The van der Waals surface area contributed by atoms with Gasteiger partial charge in [-0.05, 0) is 62.8 Å². The number of para-hydroxylation sites is 1. The van der Waals surface area contributed by atoms with E-state index in [2.05, 4.69) is 19.8 Å². The van der Waals surface area contributed by atoms with Gasteiger partial charge in [0, 0.05) is 35.3 Å². The first kappa shape index (κ1) is 25.7. The van der Waals surface area contributed by atoms with Crippen molar-refractivity contribution in [2.45, 2.75) is 75.6 Å². The summed E-state index contributed by atoms with van der Waals surface area (Å²) in [7, 11) is 1.34. The van der Waals surface area contributed by atoms with Crippen molar-refractivity contribution >= 4 is 11.8 Å². The molecule has 2 aliphatic heterocycles. The third-order valence-corrected chi connectivity index (χ3v) is 7.72. The van der Waals surface area contributed by atoms with Crippen molar-refractivity contribution in [3.05, 3.63) is 59.5 Å². The minimum Gasteiger partial charge on any atom is -0.465 e. The molecule has 0 radical (unpaired) electrons. The fourth-order valence-electron chi connectivity index (χ4n) is 5.83. The summed E-state index contributed by atoms with van der Waals surface area (Å²) in [6.45, 7) is 0.196. The number of rotatable bonds is 8. The predicted molar refractivity (Wildman–Crippen MR) is 133 cm³/mol. The first-order valence-corrected chi connectivity index (χ1v) is 13.1. The number of pyridine rings is 1. The second-order valence-electron chi connectivity index (χ2n) is 10.3. The molecular formula is C28H28F3N3O5. The van der Waals surface area contributed by atoms with E-state index in [1.807, 2.05) is 6.07 Å². The Morgan fingerprint density at radius 3 is 2.46 bits per heavy atom. The number of halogens is 3. The largest absolute Gasteiger partial charge is 0.573 e. The number of hydrogen-bond acceptors (Lipinski definition) is 8. The number of fused-ring (bicyclic) bond motifs is 2. The van der Waals surface area contributed by atoms with E-state index in [1.165, 1.54) is 25.4 Å². The first-order valence-electron chi connectivity index (χ1n) is 13.1. The van der Waals surface area contributed by atoms with E-state index < -0.39 is 12.3 Å². The Morgan fingerprint density at radius 2 is 1.82 bits per heavy atom. The van der Waals surface area contributed by atoms with Crippen LogP contribution >= 0.6 is 0 Å². The van der Waals surface area contributed by atoms with Gasteiger partial charge in [-0.15, -0.1) is 13.2 Å². The normalized spacial score (nSPS) is 22.7. The molecule has 8 nitrogen and oxygen atoms in total. The molecular weight excluding hydrogens is 515 g/mol. The van der Waals surface area contributed by atoms with Crippen LogP contribution in [0.25, 0.3) is 11.3 Å². The maximum atomic E-state index is 13.1. The summed E-state index contributed by atoms with van der Waals surface area (Å²) in [4.78, 5) is 18.6. The summed E-state index contributed by atoms with van der Waals surface area (Å²) in [5.41, 5.74) is 1.64. The third-order valence-electron chi connectivity index (χ3n) is 7.72. The Morgan fingerprint density at radius 1 is 1.08 bits per heavy atom. The second kappa shape index (κ2) is 10.2. The van der Waals surface area contributed by atoms with E-state index in [0.29, 0.717) is 22.6 Å². The number of alkyl halides is 3. The molecule has 0 N–H and O–H groups in total. The zero-order chi connectivity index (χ0) is 27.1. The molecule has 3 aliphatic rings. The Bertz CT molecular complexity index is 1320. The van der Waals surface area contributed by atoms with Crippen molar-refractivity contribution in [1.29, 1.82) is 0 Å². The van der Waals surface area contributed by atoms with Gasteiger partial charge in [-0.25, -0.2) is 9.78 Å². The van der Waals surface area contributed by atoms with Gasteiger partial charge in [0.25, 0.3) is 0 Å². The van der Waals surface area contributed by atoms with Crippen molar-refractivity contribution in [2.24, 2.45) is 0 Å². The number of hydrogen-bond donors (Lipinski definition) is 0. The van der Waals surface area contributed by atoms with Gasteiger partial charge in [0.05, 0.1) is 25.4 Å². The monoisotopic (exact) mass is 543 g/mol. The van der Waals surface area contributed by atoms with Gasteiger partial charge in [0.2, 0.25) is 0 Å². The molecule has 3 atom stereocenters. The molecule has 4 heterocycles. The third kappa shape index (κ3) is 5.32. The van der Waals surface area contributed by atoms with Crippen molar-refractivity contribution in [3.63, 3.8) is 0 Å². The van der Waals surface area contributed by atoms with Crippen LogP contribution in [0.3, 0.4) is 0 Å². The zero-order valence-electron chi connectivity index (χ0n) is 21.3. The molecule has 6 rings (SSSR count). The summed E-state index contributed by atoms with van der Waals surface area (Å²) in [5.74, 6) is 0.973. The van der Waals surface area contributed by atoms with E-state index in [-0.39, 0.29) is 42.0 Å². The van der Waals surface area contributed by atoms with E-state index in [1.54, 1.807) is 18.2 Å². The van der Waals surface area contributed by atoms with E-state index >= 15 is 0 Å². The Balaban J connectivity index is 1.18. The lowest BCUT2D eigenvalue weighted by atomic mass is 9.99. The first-order chi connectivity index (χ1) is 18.8.